The lowest BCUT2D eigenvalue weighted by Crippen LogP contribution is -2.24. The van der Waals surface area contributed by atoms with Gasteiger partial charge < -0.3 is 28.8 Å². The van der Waals surface area contributed by atoms with Crippen LogP contribution in [0.25, 0.3) is 10.9 Å². The Balaban J connectivity index is 1.79. The van der Waals surface area contributed by atoms with E-state index in [1.54, 1.807) is 59.2 Å². The molecule has 1 heterocycles. The quantitative estimate of drug-likeness (QED) is 0.314. The maximum absolute atomic E-state index is 13.5. The van der Waals surface area contributed by atoms with Crippen LogP contribution in [0, 0.1) is 0 Å². The largest absolute Gasteiger partial charge is 0.497 e. The van der Waals surface area contributed by atoms with E-state index in [0.29, 0.717) is 46.4 Å². The molecule has 1 amide bonds. The first-order chi connectivity index (χ1) is 18.4. The van der Waals surface area contributed by atoms with Gasteiger partial charge in [0, 0.05) is 29.6 Å². The maximum atomic E-state index is 13.5. The van der Waals surface area contributed by atoms with Crippen molar-refractivity contribution >= 4 is 28.3 Å². The number of ketones is 1. The van der Waals surface area contributed by atoms with Crippen molar-refractivity contribution in [2.45, 2.75) is 13.5 Å². The standard InChI is InChI=1S/C29H28N2O7/c1-5-38-20-11-9-18(10-12-20)28(33)23-16-31(17-27(32)30-19-7-6-8-21(13-19)35-2)24-15-26(37-4)25(36-3)14-22(24)29(23)34/h6-16H,5,17H2,1-4H3,(H,30,32). The van der Waals surface area contributed by atoms with Crippen molar-refractivity contribution in [2.24, 2.45) is 0 Å². The fourth-order valence-electron chi connectivity index (χ4n) is 4.09. The van der Waals surface area contributed by atoms with Gasteiger partial charge in [-0.2, -0.15) is 0 Å². The van der Waals surface area contributed by atoms with Crippen molar-refractivity contribution in [2.75, 3.05) is 33.3 Å². The molecule has 0 aliphatic heterocycles. The molecule has 0 unspecified atom stereocenters. The van der Waals surface area contributed by atoms with Gasteiger partial charge in [0.25, 0.3) is 0 Å². The zero-order chi connectivity index (χ0) is 27.2. The second kappa shape index (κ2) is 11.5. The predicted octanol–water partition coefficient (Wildman–Crippen LogP) is 4.30. The number of carbonyl (C=O) groups excluding carboxylic acids is 2. The van der Waals surface area contributed by atoms with Crippen molar-refractivity contribution in [3.8, 4) is 23.0 Å². The van der Waals surface area contributed by atoms with Crippen LogP contribution in [0.5, 0.6) is 23.0 Å². The molecule has 196 valence electrons. The Kier molecular flexibility index (Phi) is 7.96. The van der Waals surface area contributed by atoms with Gasteiger partial charge in [-0.3, -0.25) is 14.4 Å². The predicted molar refractivity (Wildman–Crippen MR) is 144 cm³/mol. The first kappa shape index (κ1) is 26.3. The zero-order valence-corrected chi connectivity index (χ0v) is 21.6. The Hall–Kier alpha value is -4.79. The summed E-state index contributed by atoms with van der Waals surface area (Å²) in [7, 11) is 4.47. The molecule has 0 aliphatic rings. The molecule has 4 aromatic rings. The summed E-state index contributed by atoms with van der Waals surface area (Å²) in [6.45, 7) is 2.18. The minimum absolute atomic E-state index is 0.0805. The van der Waals surface area contributed by atoms with Crippen molar-refractivity contribution < 1.29 is 28.5 Å². The number of nitrogens with zero attached hydrogens (tertiary/aromatic N) is 1. The summed E-state index contributed by atoms with van der Waals surface area (Å²) in [4.78, 5) is 40.0. The fourth-order valence-corrected chi connectivity index (χ4v) is 4.09. The summed E-state index contributed by atoms with van der Waals surface area (Å²) in [5.41, 5.74) is 0.714. The average Bonchev–Trinajstić information content (AvgIpc) is 2.94. The maximum Gasteiger partial charge on any atom is 0.244 e. The van der Waals surface area contributed by atoms with Crippen molar-refractivity contribution in [1.29, 1.82) is 0 Å². The molecule has 0 radical (unpaired) electrons. The van der Waals surface area contributed by atoms with Crippen LogP contribution in [0.15, 0.2) is 71.7 Å². The number of rotatable bonds is 10. The van der Waals surface area contributed by atoms with E-state index in [1.807, 2.05) is 6.92 Å². The van der Waals surface area contributed by atoms with Gasteiger partial charge >= 0.3 is 0 Å². The number of carbonyl (C=O) groups is 2. The van der Waals surface area contributed by atoms with E-state index in [4.69, 9.17) is 18.9 Å². The Morgan fingerprint density at radius 1 is 0.868 bits per heavy atom. The monoisotopic (exact) mass is 516 g/mol. The van der Waals surface area contributed by atoms with Crippen molar-refractivity contribution in [3.05, 3.63) is 88.2 Å². The number of anilines is 1. The third kappa shape index (κ3) is 5.46. The van der Waals surface area contributed by atoms with Crippen LogP contribution in [0.2, 0.25) is 0 Å². The van der Waals surface area contributed by atoms with Gasteiger partial charge in [0.05, 0.1) is 44.4 Å². The molecule has 1 aromatic heterocycles. The molecule has 38 heavy (non-hydrogen) atoms. The molecule has 3 aromatic carbocycles. The fraction of sp³-hybridized carbons (Fsp3) is 0.207. The number of pyridine rings is 1. The number of fused-ring (bicyclic) bond motifs is 1. The number of hydrogen-bond acceptors (Lipinski definition) is 7. The highest BCUT2D eigenvalue weighted by molar-refractivity contribution is 6.10. The lowest BCUT2D eigenvalue weighted by molar-refractivity contribution is -0.116. The molecule has 0 saturated heterocycles. The van der Waals surface area contributed by atoms with Gasteiger partial charge in [-0.25, -0.2) is 0 Å². The average molecular weight is 517 g/mol. The number of ether oxygens (including phenoxy) is 4. The van der Waals surface area contributed by atoms with E-state index < -0.39 is 11.2 Å². The van der Waals surface area contributed by atoms with E-state index in [-0.39, 0.29) is 23.4 Å². The summed E-state index contributed by atoms with van der Waals surface area (Å²) in [5.74, 6) is 1.08. The number of nitrogens with one attached hydrogen (secondary N) is 1. The summed E-state index contributed by atoms with van der Waals surface area (Å²) in [6.07, 6.45) is 1.40. The highest BCUT2D eigenvalue weighted by Gasteiger charge is 2.20. The van der Waals surface area contributed by atoms with Crippen LogP contribution in [0.3, 0.4) is 0 Å². The SMILES string of the molecule is CCOc1ccc(C(=O)c2cn(CC(=O)Nc3cccc(OC)c3)c3cc(OC)c(OC)cc3c2=O)cc1. The zero-order valence-electron chi connectivity index (χ0n) is 21.6. The molecule has 0 saturated carbocycles. The molecule has 9 nitrogen and oxygen atoms in total. The van der Waals surface area contributed by atoms with Crippen LogP contribution in [0.1, 0.15) is 22.8 Å². The molecule has 0 spiro atoms. The first-order valence-corrected chi connectivity index (χ1v) is 11.9. The number of amides is 1. The minimum atomic E-state index is -0.482. The van der Waals surface area contributed by atoms with Gasteiger partial charge in [-0.1, -0.05) is 6.07 Å². The second-order valence-corrected chi connectivity index (χ2v) is 8.29. The third-order valence-corrected chi connectivity index (χ3v) is 5.93. The normalized spacial score (nSPS) is 10.6. The smallest absolute Gasteiger partial charge is 0.244 e. The molecule has 9 heteroatoms. The summed E-state index contributed by atoms with van der Waals surface area (Å²) >= 11 is 0. The van der Waals surface area contributed by atoms with Crippen molar-refractivity contribution in [1.82, 2.24) is 4.57 Å². The van der Waals surface area contributed by atoms with E-state index in [9.17, 15) is 14.4 Å². The molecular formula is C29H28N2O7. The van der Waals surface area contributed by atoms with Crippen LogP contribution in [-0.2, 0) is 11.3 Å². The number of hydrogen-bond donors (Lipinski definition) is 1. The summed E-state index contributed by atoms with van der Waals surface area (Å²) in [6, 6.07) is 16.6. The number of aromatic nitrogens is 1. The molecule has 1 N–H and O–H groups in total. The van der Waals surface area contributed by atoms with Gasteiger partial charge in [-0.05, 0) is 49.4 Å². The Labute approximate surface area is 219 Å². The number of methoxy groups -OCH3 is 3. The van der Waals surface area contributed by atoms with E-state index >= 15 is 0 Å². The van der Waals surface area contributed by atoms with Crippen molar-refractivity contribution in [3.63, 3.8) is 0 Å². The van der Waals surface area contributed by atoms with Crippen LogP contribution >= 0.6 is 0 Å². The van der Waals surface area contributed by atoms with Crippen LogP contribution < -0.4 is 29.7 Å². The molecule has 0 bridgehead atoms. The lowest BCUT2D eigenvalue weighted by atomic mass is 10.0. The first-order valence-electron chi connectivity index (χ1n) is 11.9. The summed E-state index contributed by atoms with van der Waals surface area (Å²) < 4.78 is 23.0. The molecule has 0 fully saturated rings. The van der Waals surface area contributed by atoms with E-state index in [1.165, 1.54) is 33.6 Å². The van der Waals surface area contributed by atoms with Gasteiger partial charge in [0.2, 0.25) is 11.3 Å². The van der Waals surface area contributed by atoms with Gasteiger partial charge in [-0.15, -0.1) is 0 Å². The topological polar surface area (TPSA) is 105 Å². The third-order valence-electron chi connectivity index (χ3n) is 5.93. The highest BCUT2D eigenvalue weighted by atomic mass is 16.5. The van der Waals surface area contributed by atoms with E-state index in [0.717, 1.165) is 0 Å². The Bertz CT molecular complexity index is 1540. The molecular weight excluding hydrogens is 488 g/mol. The Morgan fingerprint density at radius 3 is 2.24 bits per heavy atom. The highest BCUT2D eigenvalue weighted by Crippen LogP contribution is 2.31. The van der Waals surface area contributed by atoms with Crippen LogP contribution in [-0.4, -0.2) is 44.2 Å². The van der Waals surface area contributed by atoms with E-state index in [2.05, 4.69) is 5.32 Å². The molecule has 0 aliphatic carbocycles. The lowest BCUT2D eigenvalue weighted by Gasteiger charge is -2.16. The summed E-state index contributed by atoms with van der Waals surface area (Å²) in [5, 5.41) is 3.04. The molecule has 4 rings (SSSR count). The molecule has 0 atom stereocenters. The van der Waals surface area contributed by atoms with Crippen LogP contribution in [0.4, 0.5) is 5.69 Å². The van der Waals surface area contributed by atoms with Gasteiger partial charge in [0.1, 0.15) is 18.0 Å². The Morgan fingerprint density at radius 2 is 1.58 bits per heavy atom. The number of benzene rings is 3. The van der Waals surface area contributed by atoms with Gasteiger partial charge in [0.15, 0.2) is 17.3 Å². The second-order valence-electron chi connectivity index (χ2n) is 8.29. The minimum Gasteiger partial charge on any atom is -0.497 e.